The summed E-state index contributed by atoms with van der Waals surface area (Å²) in [6, 6.07) is 13.9. The van der Waals surface area contributed by atoms with Crippen molar-refractivity contribution in [3.63, 3.8) is 0 Å². The van der Waals surface area contributed by atoms with Gasteiger partial charge in [-0.25, -0.2) is 4.39 Å². The maximum atomic E-state index is 14.6. The molecule has 6 nitrogen and oxygen atoms in total. The highest BCUT2D eigenvalue weighted by Gasteiger charge is 2.32. The van der Waals surface area contributed by atoms with Crippen molar-refractivity contribution < 1.29 is 23.8 Å². The molecule has 0 radical (unpaired) electrons. The Labute approximate surface area is 157 Å². The first-order valence-corrected chi connectivity index (χ1v) is 8.62. The number of carbonyl (C=O) groups excluding carboxylic acids is 1. The van der Waals surface area contributed by atoms with Crippen LogP contribution >= 0.6 is 0 Å². The Balaban J connectivity index is 1.98. The first-order chi connectivity index (χ1) is 12.8. The van der Waals surface area contributed by atoms with Crippen molar-refractivity contribution in [3.05, 3.63) is 70.0 Å². The van der Waals surface area contributed by atoms with Gasteiger partial charge in [0.2, 0.25) is 0 Å². The molecule has 144 valence electrons. The van der Waals surface area contributed by atoms with Crippen molar-refractivity contribution in [1.82, 2.24) is 0 Å². The van der Waals surface area contributed by atoms with Crippen LogP contribution in [0.15, 0.2) is 48.5 Å². The molecule has 0 bridgehead atoms. The predicted octanol–water partition coefficient (Wildman–Crippen LogP) is 4.30. The second-order valence-electron chi connectivity index (χ2n) is 6.59. The van der Waals surface area contributed by atoms with E-state index in [0.29, 0.717) is 24.0 Å². The van der Waals surface area contributed by atoms with Gasteiger partial charge in [0.1, 0.15) is 5.82 Å². The lowest BCUT2D eigenvalue weighted by Crippen LogP contribution is -2.31. The fraction of sp³-hybridized carbons (Fsp3) is 0.350. The van der Waals surface area contributed by atoms with Crippen LogP contribution in [0.1, 0.15) is 32.3 Å². The predicted molar refractivity (Wildman–Crippen MR) is 98.0 cm³/mol. The zero-order valence-electron chi connectivity index (χ0n) is 15.3. The number of esters is 1. The van der Waals surface area contributed by atoms with Crippen molar-refractivity contribution >= 4 is 5.97 Å². The third kappa shape index (κ3) is 5.51. The molecule has 0 aliphatic rings. The Morgan fingerprint density at radius 2 is 1.78 bits per heavy atom. The molecular weight excluding hydrogens is 353 g/mol. The number of unbranched alkanes of at least 4 members (excludes halogenated alkanes) is 1. The second-order valence-corrected chi connectivity index (χ2v) is 6.59. The van der Waals surface area contributed by atoms with Gasteiger partial charge in [0.05, 0.1) is 18.6 Å². The molecule has 0 aliphatic carbocycles. The van der Waals surface area contributed by atoms with E-state index in [1.807, 2.05) is 30.3 Å². The Bertz CT molecular complexity index is 792. The van der Waals surface area contributed by atoms with E-state index in [0.717, 1.165) is 5.56 Å². The molecule has 2 aromatic rings. The van der Waals surface area contributed by atoms with Gasteiger partial charge in [-0.3, -0.25) is 4.79 Å². The van der Waals surface area contributed by atoms with Crippen LogP contribution in [-0.4, -0.2) is 24.3 Å². The van der Waals surface area contributed by atoms with Gasteiger partial charge in [-0.05, 0) is 43.9 Å². The third-order valence-corrected chi connectivity index (χ3v) is 4.25. The van der Waals surface area contributed by atoms with Crippen LogP contribution in [0.3, 0.4) is 0 Å². The van der Waals surface area contributed by atoms with Gasteiger partial charge in [-0.1, -0.05) is 42.5 Å². The Kier molecular flexibility index (Phi) is 6.87. The number of hydrogen-bond acceptors (Lipinski definition) is 5. The molecule has 0 atom stereocenters. The number of rotatable bonds is 9. The zero-order valence-corrected chi connectivity index (χ0v) is 15.3. The number of hydrogen-bond donors (Lipinski definition) is 0. The van der Waals surface area contributed by atoms with Gasteiger partial charge in [0.25, 0.3) is 5.09 Å². The van der Waals surface area contributed by atoms with Crippen LogP contribution < -0.4 is 0 Å². The van der Waals surface area contributed by atoms with Gasteiger partial charge in [-0.15, -0.1) is 10.1 Å². The van der Waals surface area contributed by atoms with Crippen molar-refractivity contribution in [2.45, 2.75) is 32.1 Å². The number of ether oxygens (including phenoxy) is 1. The second kappa shape index (κ2) is 9.12. The average molecular weight is 375 g/mol. The molecule has 0 saturated carbocycles. The van der Waals surface area contributed by atoms with Crippen molar-refractivity contribution in [3.8, 4) is 11.1 Å². The van der Waals surface area contributed by atoms with Gasteiger partial charge >= 0.3 is 5.97 Å². The third-order valence-electron chi connectivity index (χ3n) is 4.25. The Morgan fingerprint density at radius 3 is 2.41 bits per heavy atom. The number of benzene rings is 2. The normalized spacial score (nSPS) is 11.1. The quantitative estimate of drug-likeness (QED) is 0.283. The molecule has 2 aromatic carbocycles. The van der Waals surface area contributed by atoms with E-state index in [1.54, 1.807) is 26.0 Å². The summed E-state index contributed by atoms with van der Waals surface area (Å²) >= 11 is 0. The highest BCUT2D eigenvalue weighted by atomic mass is 19.1. The van der Waals surface area contributed by atoms with Gasteiger partial charge in [0, 0.05) is 5.56 Å². The maximum absolute atomic E-state index is 14.6. The molecule has 0 N–H and O–H groups in total. The van der Waals surface area contributed by atoms with Gasteiger partial charge in [-0.2, -0.15) is 0 Å². The molecule has 0 spiro atoms. The first kappa shape index (κ1) is 20.4. The Hall–Kier alpha value is -2.96. The molecule has 0 aromatic heterocycles. The molecule has 0 saturated heterocycles. The molecule has 0 aliphatic heterocycles. The summed E-state index contributed by atoms with van der Waals surface area (Å²) in [6.07, 6.45) is 0.839. The lowest BCUT2D eigenvalue weighted by molar-refractivity contribution is -0.757. The summed E-state index contributed by atoms with van der Waals surface area (Å²) in [4.78, 5) is 26.6. The lowest BCUT2D eigenvalue weighted by Gasteiger charge is -2.23. The standard InChI is InChI=1S/C20H22FNO5/c1-20(2,19(23)26-12-6-7-13-27-22(24)25)16-10-11-17(18(21)14-16)15-8-4-3-5-9-15/h3-5,8-11,14H,6-7,12-13H2,1-2H3. The number of nitrogens with zero attached hydrogens (tertiary/aromatic N) is 1. The molecule has 0 unspecified atom stereocenters. The summed E-state index contributed by atoms with van der Waals surface area (Å²) in [6.45, 7) is 3.41. The van der Waals surface area contributed by atoms with E-state index in [2.05, 4.69) is 4.84 Å². The fourth-order valence-electron chi connectivity index (χ4n) is 2.56. The largest absolute Gasteiger partial charge is 0.465 e. The SMILES string of the molecule is CC(C)(C(=O)OCCCCO[N+](=O)[O-])c1ccc(-c2ccccc2)c(F)c1. The van der Waals surface area contributed by atoms with Gasteiger partial charge in [0.15, 0.2) is 0 Å². The van der Waals surface area contributed by atoms with Crippen molar-refractivity contribution in [1.29, 1.82) is 0 Å². The van der Waals surface area contributed by atoms with Crippen LogP contribution in [0.25, 0.3) is 11.1 Å². The topological polar surface area (TPSA) is 78.7 Å². The van der Waals surface area contributed by atoms with E-state index < -0.39 is 22.3 Å². The van der Waals surface area contributed by atoms with Gasteiger partial charge < -0.3 is 9.57 Å². The maximum Gasteiger partial charge on any atom is 0.315 e. The fourth-order valence-corrected chi connectivity index (χ4v) is 2.56. The smallest absolute Gasteiger partial charge is 0.315 e. The van der Waals surface area contributed by atoms with Crippen molar-refractivity contribution in [2.75, 3.05) is 13.2 Å². The molecule has 0 amide bonds. The molecule has 2 rings (SSSR count). The summed E-state index contributed by atoms with van der Waals surface area (Å²) in [5, 5.41) is 9.18. The molecule has 27 heavy (non-hydrogen) atoms. The monoisotopic (exact) mass is 375 g/mol. The van der Waals surface area contributed by atoms with Crippen LogP contribution in [-0.2, 0) is 19.8 Å². The van der Waals surface area contributed by atoms with E-state index in [1.165, 1.54) is 6.07 Å². The average Bonchev–Trinajstić information content (AvgIpc) is 2.64. The van der Waals surface area contributed by atoms with Crippen LogP contribution in [0.2, 0.25) is 0 Å². The number of carbonyl (C=O) groups is 1. The highest BCUT2D eigenvalue weighted by molar-refractivity contribution is 5.82. The minimum Gasteiger partial charge on any atom is -0.465 e. The van der Waals surface area contributed by atoms with E-state index in [-0.39, 0.29) is 13.2 Å². The number of halogens is 1. The minimum absolute atomic E-state index is 0.0416. The van der Waals surface area contributed by atoms with E-state index in [4.69, 9.17) is 4.74 Å². The Morgan fingerprint density at radius 1 is 1.11 bits per heavy atom. The molecule has 7 heteroatoms. The van der Waals surface area contributed by atoms with Crippen LogP contribution in [0.4, 0.5) is 4.39 Å². The summed E-state index contributed by atoms with van der Waals surface area (Å²) in [5.41, 5.74) is 0.725. The molecule has 0 heterocycles. The van der Waals surface area contributed by atoms with Crippen LogP contribution in [0, 0.1) is 15.9 Å². The zero-order chi connectivity index (χ0) is 19.9. The molecule has 0 fully saturated rings. The highest BCUT2D eigenvalue weighted by Crippen LogP contribution is 2.30. The van der Waals surface area contributed by atoms with Crippen molar-refractivity contribution in [2.24, 2.45) is 0 Å². The summed E-state index contributed by atoms with van der Waals surface area (Å²) < 4.78 is 19.8. The summed E-state index contributed by atoms with van der Waals surface area (Å²) in [5.74, 6) is -0.888. The van der Waals surface area contributed by atoms with E-state index in [9.17, 15) is 19.3 Å². The molecular formula is C20H22FNO5. The lowest BCUT2D eigenvalue weighted by atomic mass is 9.84. The van der Waals surface area contributed by atoms with Crippen LogP contribution in [0.5, 0.6) is 0 Å². The first-order valence-electron chi connectivity index (χ1n) is 8.62. The minimum atomic E-state index is -1.02. The summed E-state index contributed by atoms with van der Waals surface area (Å²) in [7, 11) is 0. The van der Waals surface area contributed by atoms with E-state index >= 15 is 0 Å².